The number of aryl methyl sites for hydroxylation is 1. The number of aromatic nitrogens is 2. The molecule has 0 aromatic carbocycles. The molecular formula is C12H19N3O4S. The number of piperidine rings is 1. The number of hydrogen-bond donors (Lipinski definition) is 2. The lowest BCUT2D eigenvalue weighted by atomic mass is 10.0. The molecule has 2 heterocycles. The summed E-state index contributed by atoms with van der Waals surface area (Å²) in [6, 6.07) is -0.473. The summed E-state index contributed by atoms with van der Waals surface area (Å²) < 4.78 is 26.4. The van der Waals surface area contributed by atoms with E-state index in [1.54, 1.807) is 0 Å². The predicted octanol–water partition coefficient (Wildman–Crippen LogP) is 0.990. The van der Waals surface area contributed by atoms with Crippen molar-refractivity contribution in [2.75, 3.05) is 6.54 Å². The fraction of sp³-hybridized carbons (Fsp3) is 0.667. The summed E-state index contributed by atoms with van der Waals surface area (Å²) in [4.78, 5) is 17.7. The van der Waals surface area contributed by atoms with Crippen LogP contribution in [0.3, 0.4) is 0 Å². The molecule has 7 nitrogen and oxygen atoms in total. The quantitative estimate of drug-likeness (QED) is 0.844. The highest BCUT2D eigenvalue weighted by Crippen LogP contribution is 2.26. The van der Waals surface area contributed by atoms with Crippen molar-refractivity contribution >= 4 is 16.0 Å². The summed E-state index contributed by atoms with van der Waals surface area (Å²) in [6.45, 7) is 2.24. The van der Waals surface area contributed by atoms with Gasteiger partial charge in [-0.3, -0.25) is 4.79 Å². The second-order valence-electron chi connectivity index (χ2n) is 4.91. The van der Waals surface area contributed by atoms with E-state index in [4.69, 9.17) is 5.11 Å². The van der Waals surface area contributed by atoms with Crippen LogP contribution < -0.4 is 0 Å². The Morgan fingerprint density at radius 1 is 1.55 bits per heavy atom. The van der Waals surface area contributed by atoms with Crippen LogP contribution in [-0.2, 0) is 21.2 Å². The van der Waals surface area contributed by atoms with Crippen molar-refractivity contribution in [1.82, 2.24) is 14.3 Å². The van der Waals surface area contributed by atoms with Crippen molar-refractivity contribution in [2.45, 2.75) is 50.1 Å². The van der Waals surface area contributed by atoms with E-state index in [-0.39, 0.29) is 11.4 Å². The summed E-state index contributed by atoms with van der Waals surface area (Å²) >= 11 is 0. The van der Waals surface area contributed by atoms with Crippen molar-refractivity contribution in [1.29, 1.82) is 0 Å². The summed E-state index contributed by atoms with van der Waals surface area (Å²) in [5, 5.41) is 8.97. The lowest BCUT2D eigenvalue weighted by molar-refractivity contribution is -0.138. The maximum atomic E-state index is 12.6. The van der Waals surface area contributed by atoms with Gasteiger partial charge in [0.2, 0.25) is 0 Å². The highest BCUT2D eigenvalue weighted by Gasteiger charge is 2.35. The van der Waals surface area contributed by atoms with E-state index < -0.39 is 22.0 Å². The van der Waals surface area contributed by atoms with Crippen molar-refractivity contribution in [3.63, 3.8) is 0 Å². The first kappa shape index (κ1) is 15.0. The number of hydrogen-bond acceptors (Lipinski definition) is 4. The van der Waals surface area contributed by atoms with Gasteiger partial charge in [-0.25, -0.2) is 13.4 Å². The minimum absolute atomic E-state index is 0.0478. The molecule has 1 aliphatic heterocycles. The first-order valence-electron chi connectivity index (χ1n) is 6.72. The van der Waals surface area contributed by atoms with E-state index in [1.165, 1.54) is 10.5 Å². The summed E-state index contributed by atoms with van der Waals surface area (Å²) in [7, 11) is -3.69. The minimum Gasteiger partial charge on any atom is -0.481 e. The molecule has 0 bridgehead atoms. The molecule has 0 spiro atoms. The van der Waals surface area contributed by atoms with Gasteiger partial charge in [-0.15, -0.1) is 0 Å². The van der Waals surface area contributed by atoms with Crippen LogP contribution >= 0.6 is 0 Å². The highest BCUT2D eigenvalue weighted by atomic mass is 32.2. The minimum atomic E-state index is -3.69. The number of nitrogens with zero attached hydrogens (tertiary/aromatic N) is 2. The molecule has 1 saturated heterocycles. The number of carboxylic acid groups (broad SMARTS) is 1. The number of carboxylic acids is 1. The van der Waals surface area contributed by atoms with Gasteiger partial charge < -0.3 is 10.1 Å². The van der Waals surface area contributed by atoms with E-state index in [0.717, 1.165) is 12.8 Å². The van der Waals surface area contributed by atoms with E-state index in [9.17, 15) is 13.2 Å². The molecule has 2 N–H and O–H groups in total. The SMILES string of the molecule is CCc1ncc(S(=O)(=O)N2CCCCC2CC(=O)O)[nH]1. The summed E-state index contributed by atoms with van der Waals surface area (Å²) in [6.07, 6.45) is 3.96. The van der Waals surface area contributed by atoms with Crippen molar-refractivity contribution in [3.8, 4) is 0 Å². The van der Waals surface area contributed by atoms with Crippen LogP contribution in [0.5, 0.6) is 0 Å². The van der Waals surface area contributed by atoms with Crippen molar-refractivity contribution in [3.05, 3.63) is 12.0 Å². The van der Waals surface area contributed by atoms with Gasteiger partial charge in [0, 0.05) is 19.0 Å². The zero-order valence-electron chi connectivity index (χ0n) is 11.4. The highest BCUT2D eigenvalue weighted by molar-refractivity contribution is 7.89. The van der Waals surface area contributed by atoms with Gasteiger partial charge in [-0.2, -0.15) is 4.31 Å². The van der Waals surface area contributed by atoms with Crippen LogP contribution in [0.1, 0.15) is 38.4 Å². The summed E-state index contributed by atoms with van der Waals surface area (Å²) in [5.41, 5.74) is 0. The molecule has 1 atom stereocenters. The maximum Gasteiger partial charge on any atom is 0.304 e. The Bertz CT molecular complexity index is 581. The normalized spacial score (nSPS) is 20.9. The Balaban J connectivity index is 2.27. The zero-order valence-corrected chi connectivity index (χ0v) is 12.2. The van der Waals surface area contributed by atoms with E-state index in [2.05, 4.69) is 9.97 Å². The molecule has 1 aliphatic rings. The van der Waals surface area contributed by atoms with Crippen LogP contribution in [-0.4, -0.2) is 46.4 Å². The molecular weight excluding hydrogens is 282 g/mol. The molecule has 0 saturated carbocycles. The third-order valence-corrected chi connectivity index (χ3v) is 5.37. The average molecular weight is 301 g/mol. The molecule has 1 fully saturated rings. The molecule has 2 rings (SSSR count). The molecule has 0 aliphatic carbocycles. The lowest BCUT2D eigenvalue weighted by Gasteiger charge is -2.33. The molecule has 8 heteroatoms. The Morgan fingerprint density at radius 3 is 2.90 bits per heavy atom. The van der Waals surface area contributed by atoms with Gasteiger partial charge in [0.1, 0.15) is 5.82 Å². The zero-order chi connectivity index (χ0) is 14.8. The second kappa shape index (κ2) is 5.92. The van der Waals surface area contributed by atoms with E-state index in [1.807, 2.05) is 6.92 Å². The fourth-order valence-corrected chi connectivity index (χ4v) is 4.10. The van der Waals surface area contributed by atoms with Crippen molar-refractivity contribution in [2.24, 2.45) is 0 Å². The van der Waals surface area contributed by atoms with E-state index >= 15 is 0 Å². The lowest BCUT2D eigenvalue weighted by Crippen LogP contribution is -2.44. The molecule has 0 radical (unpaired) electrons. The molecule has 1 aromatic heterocycles. The number of carbonyl (C=O) groups is 1. The number of imidazole rings is 1. The number of sulfonamides is 1. The first-order chi connectivity index (χ1) is 9.45. The number of H-pyrrole nitrogens is 1. The van der Waals surface area contributed by atoms with Crippen LogP contribution in [0.4, 0.5) is 0 Å². The molecule has 1 aromatic rings. The number of aromatic amines is 1. The largest absolute Gasteiger partial charge is 0.481 e. The molecule has 112 valence electrons. The van der Waals surface area contributed by atoms with Crippen LogP contribution in [0.25, 0.3) is 0 Å². The number of nitrogens with one attached hydrogen (secondary N) is 1. The van der Waals surface area contributed by atoms with Gasteiger partial charge in [0.15, 0.2) is 5.03 Å². The van der Waals surface area contributed by atoms with Crippen LogP contribution in [0, 0.1) is 0 Å². The van der Waals surface area contributed by atoms with Gasteiger partial charge in [0.05, 0.1) is 12.6 Å². The van der Waals surface area contributed by atoms with Gasteiger partial charge in [-0.05, 0) is 12.8 Å². The smallest absolute Gasteiger partial charge is 0.304 e. The predicted molar refractivity (Wildman–Crippen MR) is 71.7 cm³/mol. The Morgan fingerprint density at radius 2 is 2.30 bits per heavy atom. The fourth-order valence-electron chi connectivity index (χ4n) is 2.48. The average Bonchev–Trinajstić information content (AvgIpc) is 2.88. The third kappa shape index (κ3) is 3.01. The Hall–Kier alpha value is -1.41. The second-order valence-corrected chi connectivity index (χ2v) is 6.77. The standard InChI is InChI=1S/C12H19N3O4S/c1-2-10-13-8-11(14-10)20(18,19)15-6-4-3-5-9(15)7-12(16)17/h8-9H,2-7H2,1H3,(H,13,14)(H,16,17). The molecule has 1 unspecified atom stereocenters. The maximum absolute atomic E-state index is 12.6. The van der Waals surface area contributed by atoms with Gasteiger partial charge in [0.25, 0.3) is 10.0 Å². The van der Waals surface area contributed by atoms with Crippen molar-refractivity contribution < 1.29 is 18.3 Å². The Kier molecular flexibility index (Phi) is 4.44. The van der Waals surface area contributed by atoms with E-state index in [0.29, 0.717) is 25.2 Å². The summed E-state index contributed by atoms with van der Waals surface area (Å²) in [5.74, 6) is -0.369. The Labute approximate surface area is 118 Å². The number of aliphatic carboxylic acids is 1. The molecule has 20 heavy (non-hydrogen) atoms. The topological polar surface area (TPSA) is 103 Å². The van der Waals surface area contributed by atoms with Crippen LogP contribution in [0.15, 0.2) is 11.2 Å². The first-order valence-corrected chi connectivity index (χ1v) is 8.16. The van der Waals surface area contributed by atoms with Gasteiger partial charge >= 0.3 is 5.97 Å². The monoisotopic (exact) mass is 301 g/mol. The molecule has 0 amide bonds. The van der Waals surface area contributed by atoms with Gasteiger partial charge in [-0.1, -0.05) is 13.3 Å². The third-order valence-electron chi connectivity index (χ3n) is 3.51. The van der Waals surface area contributed by atoms with Crippen LogP contribution in [0.2, 0.25) is 0 Å². The number of rotatable bonds is 5.